The zero-order chi connectivity index (χ0) is 16.4. The lowest BCUT2D eigenvalue weighted by molar-refractivity contribution is -0.119. The number of rotatable bonds is 13. The SMILES string of the molecule is CCCNCCOC(C)(C)CCOC(C)(C)CCC(C)=O. The number of hydrogen-bond donors (Lipinski definition) is 1. The Kier molecular flexibility index (Phi) is 10.1. The summed E-state index contributed by atoms with van der Waals surface area (Å²) in [6.07, 6.45) is 3.34. The average molecular weight is 301 g/mol. The fourth-order valence-corrected chi connectivity index (χ4v) is 1.90. The van der Waals surface area contributed by atoms with Crippen LogP contribution in [0, 0.1) is 0 Å². The first-order valence-corrected chi connectivity index (χ1v) is 8.16. The summed E-state index contributed by atoms with van der Waals surface area (Å²) < 4.78 is 11.8. The molecule has 0 rings (SSSR count). The summed E-state index contributed by atoms with van der Waals surface area (Å²) >= 11 is 0. The first kappa shape index (κ1) is 20.6. The molecule has 0 atom stereocenters. The van der Waals surface area contributed by atoms with Gasteiger partial charge in [-0.1, -0.05) is 6.92 Å². The van der Waals surface area contributed by atoms with Crippen molar-refractivity contribution in [3.8, 4) is 0 Å². The minimum absolute atomic E-state index is 0.176. The van der Waals surface area contributed by atoms with E-state index in [0.29, 0.717) is 13.0 Å². The highest BCUT2D eigenvalue weighted by Gasteiger charge is 2.22. The minimum Gasteiger partial charge on any atom is -0.375 e. The van der Waals surface area contributed by atoms with Crippen LogP contribution in [0.25, 0.3) is 0 Å². The summed E-state index contributed by atoms with van der Waals surface area (Å²) in [5.41, 5.74) is -0.422. The van der Waals surface area contributed by atoms with Gasteiger partial charge in [0.2, 0.25) is 0 Å². The molecule has 0 heterocycles. The molecule has 0 aliphatic heterocycles. The molecule has 0 aromatic rings. The molecule has 0 amide bonds. The molecule has 126 valence electrons. The third-order valence-electron chi connectivity index (χ3n) is 3.47. The van der Waals surface area contributed by atoms with E-state index in [1.54, 1.807) is 6.92 Å². The second-order valence-corrected chi connectivity index (χ2v) is 6.92. The average Bonchev–Trinajstić information content (AvgIpc) is 2.36. The van der Waals surface area contributed by atoms with Gasteiger partial charge in [0.1, 0.15) is 5.78 Å². The van der Waals surface area contributed by atoms with Crippen molar-refractivity contribution < 1.29 is 14.3 Å². The Morgan fingerprint density at radius 1 is 0.952 bits per heavy atom. The Morgan fingerprint density at radius 2 is 1.52 bits per heavy atom. The molecule has 4 nitrogen and oxygen atoms in total. The summed E-state index contributed by atoms with van der Waals surface area (Å²) in [6.45, 7) is 15.4. The van der Waals surface area contributed by atoms with Crippen LogP contribution in [0.15, 0.2) is 0 Å². The van der Waals surface area contributed by atoms with Gasteiger partial charge in [-0.05, 0) is 60.4 Å². The van der Waals surface area contributed by atoms with Crippen molar-refractivity contribution in [2.24, 2.45) is 0 Å². The fourth-order valence-electron chi connectivity index (χ4n) is 1.90. The van der Waals surface area contributed by atoms with Gasteiger partial charge in [0.25, 0.3) is 0 Å². The van der Waals surface area contributed by atoms with Gasteiger partial charge >= 0.3 is 0 Å². The van der Waals surface area contributed by atoms with Gasteiger partial charge in [-0.3, -0.25) is 0 Å². The van der Waals surface area contributed by atoms with Gasteiger partial charge in [0.05, 0.1) is 24.4 Å². The number of carbonyl (C=O) groups excluding carboxylic acids is 1. The van der Waals surface area contributed by atoms with Crippen LogP contribution in [0.2, 0.25) is 0 Å². The first-order chi connectivity index (χ1) is 9.68. The third kappa shape index (κ3) is 13.0. The van der Waals surface area contributed by atoms with Crippen LogP contribution in [-0.2, 0) is 14.3 Å². The van der Waals surface area contributed by atoms with Gasteiger partial charge in [-0.25, -0.2) is 0 Å². The molecule has 1 N–H and O–H groups in total. The molecule has 0 spiro atoms. The van der Waals surface area contributed by atoms with Crippen molar-refractivity contribution in [1.29, 1.82) is 0 Å². The summed E-state index contributed by atoms with van der Waals surface area (Å²) in [5, 5.41) is 3.33. The highest BCUT2D eigenvalue weighted by atomic mass is 16.5. The van der Waals surface area contributed by atoms with E-state index in [4.69, 9.17) is 9.47 Å². The van der Waals surface area contributed by atoms with Crippen LogP contribution in [0.3, 0.4) is 0 Å². The van der Waals surface area contributed by atoms with E-state index < -0.39 is 0 Å². The second-order valence-electron chi connectivity index (χ2n) is 6.92. The van der Waals surface area contributed by atoms with Crippen LogP contribution >= 0.6 is 0 Å². The molecule has 0 aromatic carbocycles. The summed E-state index contributed by atoms with van der Waals surface area (Å²) in [7, 11) is 0. The van der Waals surface area contributed by atoms with Crippen molar-refractivity contribution in [3.05, 3.63) is 0 Å². The second kappa shape index (κ2) is 10.3. The molecular weight excluding hydrogens is 266 g/mol. The Bertz CT molecular complexity index is 288. The van der Waals surface area contributed by atoms with Gasteiger partial charge in [0.15, 0.2) is 0 Å². The Morgan fingerprint density at radius 3 is 2.10 bits per heavy atom. The molecule has 4 heteroatoms. The zero-order valence-electron chi connectivity index (χ0n) is 14.9. The lowest BCUT2D eigenvalue weighted by Gasteiger charge is -2.29. The maximum absolute atomic E-state index is 11.0. The predicted octanol–water partition coefficient (Wildman–Crippen LogP) is 3.34. The standard InChI is InChI=1S/C17H35NO3/c1-7-11-18-12-14-21-17(5,6)10-13-20-16(3,4)9-8-15(2)19/h18H,7-14H2,1-6H3. The minimum atomic E-state index is -0.246. The zero-order valence-corrected chi connectivity index (χ0v) is 14.9. The van der Waals surface area contributed by atoms with E-state index in [1.807, 2.05) is 13.8 Å². The topological polar surface area (TPSA) is 47.6 Å². The van der Waals surface area contributed by atoms with Gasteiger partial charge in [-0.2, -0.15) is 0 Å². The number of ketones is 1. The highest BCUT2D eigenvalue weighted by Crippen LogP contribution is 2.20. The van der Waals surface area contributed by atoms with E-state index in [1.165, 1.54) is 0 Å². The van der Waals surface area contributed by atoms with Crippen molar-refractivity contribution in [2.75, 3.05) is 26.3 Å². The van der Waals surface area contributed by atoms with Crippen LogP contribution in [0.1, 0.15) is 67.2 Å². The van der Waals surface area contributed by atoms with Crippen molar-refractivity contribution in [3.63, 3.8) is 0 Å². The third-order valence-corrected chi connectivity index (χ3v) is 3.47. The monoisotopic (exact) mass is 301 g/mol. The van der Waals surface area contributed by atoms with E-state index in [-0.39, 0.29) is 17.0 Å². The Hall–Kier alpha value is -0.450. The number of ether oxygens (including phenoxy) is 2. The molecule has 0 bridgehead atoms. The number of Topliss-reactive ketones (excluding diaryl/α,β-unsaturated/α-hetero) is 1. The summed E-state index contributed by atoms with van der Waals surface area (Å²) in [6, 6.07) is 0. The Balaban J connectivity index is 3.83. The molecule has 0 unspecified atom stereocenters. The van der Waals surface area contributed by atoms with Crippen LogP contribution in [0.5, 0.6) is 0 Å². The molecule has 0 aromatic heterocycles. The molecule has 0 radical (unpaired) electrons. The van der Waals surface area contributed by atoms with E-state index in [2.05, 4.69) is 26.1 Å². The quantitative estimate of drug-likeness (QED) is 0.530. The highest BCUT2D eigenvalue weighted by molar-refractivity contribution is 5.75. The fraction of sp³-hybridized carbons (Fsp3) is 0.941. The van der Waals surface area contributed by atoms with Gasteiger partial charge in [-0.15, -0.1) is 0 Å². The van der Waals surface area contributed by atoms with Crippen molar-refractivity contribution in [1.82, 2.24) is 5.32 Å². The molecule has 0 aliphatic carbocycles. The summed E-state index contributed by atoms with van der Waals surface area (Å²) in [5.74, 6) is 0.218. The van der Waals surface area contributed by atoms with Crippen LogP contribution < -0.4 is 5.32 Å². The smallest absolute Gasteiger partial charge is 0.129 e. The molecule has 0 saturated carbocycles. The normalized spacial score (nSPS) is 12.7. The number of hydrogen-bond acceptors (Lipinski definition) is 4. The first-order valence-electron chi connectivity index (χ1n) is 8.16. The van der Waals surface area contributed by atoms with E-state index in [9.17, 15) is 4.79 Å². The number of carbonyl (C=O) groups is 1. The molecule has 0 saturated heterocycles. The van der Waals surface area contributed by atoms with E-state index >= 15 is 0 Å². The maximum Gasteiger partial charge on any atom is 0.129 e. The lowest BCUT2D eigenvalue weighted by atomic mass is 10.0. The molecule has 0 aliphatic rings. The molecule has 21 heavy (non-hydrogen) atoms. The lowest BCUT2D eigenvalue weighted by Crippen LogP contribution is -2.33. The molecule has 0 fully saturated rings. The predicted molar refractivity (Wildman–Crippen MR) is 87.8 cm³/mol. The van der Waals surface area contributed by atoms with E-state index in [0.717, 1.165) is 39.0 Å². The molecular formula is C17H35NO3. The van der Waals surface area contributed by atoms with Crippen molar-refractivity contribution >= 4 is 5.78 Å². The van der Waals surface area contributed by atoms with Gasteiger partial charge in [0, 0.05) is 13.0 Å². The van der Waals surface area contributed by atoms with Gasteiger partial charge < -0.3 is 19.6 Å². The summed E-state index contributed by atoms with van der Waals surface area (Å²) in [4.78, 5) is 11.0. The largest absolute Gasteiger partial charge is 0.375 e. The number of nitrogens with one attached hydrogen (secondary N) is 1. The maximum atomic E-state index is 11.0. The Labute approximate surface area is 131 Å². The van der Waals surface area contributed by atoms with Crippen LogP contribution in [-0.4, -0.2) is 43.3 Å². The van der Waals surface area contributed by atoms with Crippen LogP contribution in [0.4, 0.5) is 0 Å². The van der Waals surface area contributed by atoms with Crippen molar-refractivity contribution in [2.45, 2.75) is 78.4 Å².